The van der Waals surface area contributed by atoms with Gasteiger partial charge in [-0.05, 0) is 30.3 Å². The number of hydrogen-bond donors (Lipinski definition) is 1. The van der Waals surface area contributed by atoms with Gasteiger partial charge < -0.3 is 15.1 Å². The Kier molecular flexibility index (Phi) is 4.42. The summed E-state index contributed by atoms with van der Waals surface area (Å²) in [5, 5.41) is 2.92. The molecule has 0 bridgehead atoms. The lowest BCUT2D eigenvalue weighted by Crippen LogP contribution is -2.19. The van der Waals surface area contributed by atoms with E-state index in [1.165, 1.54) is 0 Å². The van der Waals surface area contributed by atoms with Crippen molar-refractivity contribution >= 4 is 23.1 Å². The molecule has 0 spiro atoms. The van der Waals surface area contributed by atoms with E-state index in [-0.39, 0.29) is 5.91 Å². The normalized spacial score (nSPS) is 10.1. The fraction of sp³-hybridized carbons (Fsp3) is 0.250. The number of nitrogens with zero attached hydrogens (tertiary/aromatic N) is 3. The Morgan fingerprint density at radius 1 is 1.05 bits per heavy atom. The van der Waals surface area contributed by atoms with E-state index in [0.717, 1.165) is 11.4 Å². The average Bonchev–Trinajstić information content (AvgIpc) is 2.47. The van der Waals surface area contributed by atoms with Crippen molar-refractivity contribution in [1.82, 2.24) is 4.98 Å². The van der Waals surface area contributed by atoms with Crippen LogP contribution in [0, 0.1) is 0 Å². The number of carbonyl (C=O) groups is 1. The van der Waals surface area contributed by atoms with Crippen LogP contribution in [0.15, 0.2) is 42.6 Å². The van der Waals surface area contributed by atoms with Crippen LogP contribution >= 0.6 is 0 Å². The molecule has 1 aromatic heterocycles. The highest BCUT2D eigenvalue weighted by molar-refractivity contribution is 6.07. The van der Waals surface area contributed by atoms with Crippen molar-refractivity contribution in [1.29, 1.82) is 0 Å². The van der Waals surface area contributed by atoms with E-state index < -0.39 is 0 Å². The molecule has 5 nitrogen and oxygen atoms in total. The number of aromatic nitrogens is 1. The lowest BCUT2D eigenvalue weighted by molar-refractivity contribution is 0.102. The zero-order valence-electron chi connectivity index (χ0n) is 12.8. The Morgan fingerprint density at radius 3 is 2.48 bits per heavy atom. The molecule has 0 aliphatic carbocycles. The molecule has 0 aliphatic rings. The molecule has 0 saturated heterocycles. The number of nitrogens with one attached hydrogen (secondary N) is 1. The molecule has 0 atom stereocenters. The minimum absolute atomic E-state index is 0.164. The van der Waals surface area contributed by atoms with Crippen LogP contribution < -0.4 is 15.1 Å². The van der Waals surface area contributed by atoms with Gasteiger partial charge in [0.2, 0.25) is 0 Å². The SMILES string of the molecule is CN(C)c1cccc(NC(=O)c2cccnc2N(C)C)c1. The number of carbonyl (C=O) groups excluding carboxylic acids is 1. The van der Waals surface area contributed by atoms with Gasteiger partial charge in [0.1, 0.15) is 5.82 Å². The molecular weight excluding hydrogens is 264 g/mol. The zero-order chi connectivity index (χ0) is 15.4. The quantitative estimate of drug-likeness (QED) is 0.937. The highest BCUT2D eigenvalue weighted by Gasteiger charge is 2.14. The molecule has 1 heterocycles. The fourth-order valence-electron chi connectivity index (χ4n) is 1.99. The van der Waals surface area contributed by atoms with Gasteiger partial charge in [-0.2, -0.15) is 0 Å². The van der Waals surface area contributed by atoms with E-state index in [9.17, 15) is 4.79 Å². The molecule has 1 aromatic carbocycles. The predicted octanol–water partition coefficient (Wildman–Crippen LogP) is 2.47. The first-order valence-electron chi connectivity index (χ1n) is 6.70. The Morgan fingerprint density at radius 2 is 1.81 bits per heavy atom. The molecule has 0 radical (unpaired) electrons. The van der Waals surface area contributed by atoms with Crippen LogP contribution in [0.3, 0.4) is 0 Å². The summed E-state index contributed by atoms with van der Waals surface area (Å²) < 4.78 is 0. The lowest BCUT2D eigenvalue weighted by Gasteiger charge is -2.16. The molecule has 0 aliphatic heterocycles. The van der Waals surface area contributed by atoms with Crippen molar-refractivity contribution in [2.45, 2.75) is 0 Å². The second-order valence-corrected chi connectivity index (χ2v) is 5.17. The smallest absolute Gasteiger partial charge is 0.259 e. The van der Waals surface area contributed by atoms with Gasteiger partial charge >= 0.3 is 0 Å². The summed E-state index contributed by atoms with van der Waals surface area (Å²) in [6, 6.07) is 11.2. The number of rotatable bonds is 4. The van der Waals surface area contributed by atoms with Crippen LogP contribution in [0.2, 0.25) is 0 Å². The van der Waals surface area contributed by atoms with Crippen molar-refractivity contribution in [2.75, 3.05) is 43.3 Å². The summed E-state index contributed by atoms with van der Waals surface area (Å²) in [4.78, 5) is 20.5. The Bertz CT molecular complexity index is 638. The monoisotopic (exact) mass is 284 g/mol. The van der Waals surface area contributed by atoms with Gasteiger partial charge in [-0.25, -0.2) is 4.98 Å². The Hall–Kier alpha value is -2.56. The van der Waals surface area contributed by atoms with E-state index in [1.54, 1.807) is 18.3 Å². The second-order valence-electron chi connectivity index (χ2n) is 5.17. The van der Waals surface area contributed by atoms with Crippen LogP contribution in [-0.4, -0.2) is 39.1 Å². The highest BCUT2D eigenvalue weighted by Crippen LogP contribution is 2.20. The number of hydrogen-bond acceptors (Lipinski definition) is 4. The molecule has 0 fully saturated rings. The third kappa shape index (κ3) is 3.51. The van der Waals surface area contributed by atoms with Crippen molar-refractivity contribution in [3.63, 3.8) is 0 Å². The summed E-state index contributed by atoms with van der Waals surface area (Å²) >= 11 is 0. The van der Waals surface area contributed by atoms with E-state index in [1.807, 2.05) is 62.3 Å². The fourth-order valence-corrected chi connectivity index (χ4v) is 1.99. The first-order valence-corrected chi connectivity index (χ1v) is 6.70. The molecule has 2 rings (SSSR count). The van der Waals surface area contributed by atoms with Crippen molar-refractivity contribution in [3.8, 4) is 0 Å². The van der Waals surface area contributed by atoms with Crippen LogP contribution in [0.4, 0.5) is 17.2 Å². The van der Waals surface area contributed by atoms with Gasteiger partial charge in [-0.1, -0.05) is 6.07 Å². The molecule has 1 amide bonds. The van der Waals surface area contributed by atoms with Gasteiger partial charge in [-0.3, -0.25) is 4.79 Å². The number of benzene rings is 1. The van der Waals surface area contributed by atoms with E-state index >= 15 is 0 Å². The lowest BCUT2D eigenvalue weighted by atomic mass is 10.2. The van der Waals surface area contributed by atoms with Crippen LogP contribution in [0.1, 0.15) is 10.4 Å². The van der Waals surface area contributed by atoms with E-state index in [4.69, 9.17) is 0 Å². The van der Waals surface area contributed by atoms with Gasteiger partial charge in [-0.15, -0.1) is 0 Å². The van der Waals surface area contributed by atoms with Crippen LogP contribution in [-0.2, 0) is 0 Å². The van der Waals surface area contributed by atoms with Crippen LogP contribution in [0.25, 0.3) is 0 Å². The van der Waals surface area contributed by atoms with Crippen molar-refractivity contribution in [3.05, 3.63) is 48.2 Å². The summed E-state index contributed by atoms with van der Waals surface area (Å²) in [6.07, 6.45) is 1.68. The van der Waals surface area contributed by atoms with Gasteiger partial charge in [0.25, 0.3) is 5.91 Å². The topological polar surface area (TPSA) is 48.5 Å². The molecule has 5 heteroatoms. The van der Waals surface area contributed by atoms with Gasteiger partial charge in [0.15, 0.2) is 0 Å². The largest absolute Gasteiger partial charge is 0.378 e. The summed E-state index contributed by atoms with van der Waals surface area (Å²) in [6.45, 7) is 0. The molecule has 110 valence electrons. The summed E-state index contributed by atoms with van der Waals surface area (Å²) in [5.41, 5.74) is 2.35. The Balaban J connectivity index is 2.24. The standard InChI is InChI=1S/C16H20N4O/c1-19(2)13-8-5-7-12(11-13)18-16(21)14-9-6-10-17-15(14)20(3)4/h5-11H,1-4H3,(H,18,21). The van der Waals surface area contributed by atoms with E-state index in [2.05, 4.69) is 10.3 Å². The Labute approximate surface area is 125 Å². The maximum atomic E-state index is 12.4. The molecule has 0 unspecified atom stereocenters. The minimum Gasteiger partial charge on any atom is -0.378 e. The van der Waals surface area contributed by atoms with Crippen molar-refractivity contribution < 1.29 is 4.79 Å². The molecular formula is C16H20N4O. The number of anilines is 3. The first-order chi connectivity index (χ1) is 9.99. The molecule has 0 saturated carbocycles. The summed E-state index contributed by atoms with van der Waals surface area (Å²) in [7, 11) is 7.66. The molecule has 1 N–H and O–H groups in total. The van der Waals surface area contributed by atoms with Crippen LogP contribution in [0.5, 0.6) is 0 Å². The van der Waals surface area contributed by atoms with Crippen molar-refractivity contribution in [2.24, 2.45) is 0 Å². The minimum atomic E-state index is -0.164. The average molecular weight is 284 g/mol. The van der Waals surface area contributed by atoms with Gasteiger partial charge in [0.05, 0.1) is 5.56 Å². The van der Waals surface area contributed by atoms with E-state index in [0.29, 0.717) is 11.4 Å². The highest BCUT2D eigenvalue weighted by atomic mass is 16.1. The maximum absolute atomic E-state index is 12.4. The third-order valence-corrected chi connectivity index (χ3v) is 3.08. The molecule has 21 heavy (non-hydrogen) atoms. The predicted molar refractivity (Wildman–Crippen MR) is 87.3 cm³/mol. The number of amides is 1. The third-order valence-electron chi connectivity index (χ3n) is 3.08. The number of pyridine rings is 1. The molecule has 2 aromatic rings. The first kappa shape index (κ1) is 14.8. The summed E-state index contributed by atoms with van der Waals surface area (Å²) in [5.74, 6) is 0.487. The maximum Gasteiger partial charge on any atom is 0.259 e. The second kappa shape index (κ2) is 6.26. The zero-order valence-corrected chi connectivity index (χ0v) is 12.8. The van der Waals surface area contributed by atoms with Gasteiger partial charge in [0, 0.05) is 45.8 Å².